The van der Waals surface area contributed by atoms with Gasteiger partial charge in [0.25, 0.3) is 0 Å². The van der Waals surface area contributed by atoms with Gasteiger partial charge in [0.05, 0.1) is 33.3 Å². The van der Waals surface area contributed by atoms with Gasteiger partial charge in [0, 0.05) is 54.8 Å². The monoisotopic (exact) mass is 854 g/mol. The van der Waals surface area contributed by atoms with E-state index in [1.807, 2.05) is 0 Å². The summed E-state index contributed by atoms with van der Waals surface area (Å²) < 4.78 is 4.79. The predicted octanol–water partition coefficient (Wildman–Crippen LogP) is 16.3. The van der Waals surface area contributed by atoms with Crippen LogP contribution < -0.4 is 0 Å². The molecule has 4 nitrogen and oxygen atoms in total. The first kappa shape index (κ1) is 37.7. The molecule has 14 rings (SSSR count). The molecule has 0 amide bonds. The first-order chi connectivity index (χ1) is 33.0. The smallest absolute Gasteiger partial charge is 0.160 e. The SMILES string of the molecule is CC1(C)c2ccccc2-c2ccc(-c3nc(-c4ccc(-n5c6ccccc6c6ccc(-c7ccc8c(c7)c7ccccc7n8-c7ccccc7)cc65)cc4)c4c(ccc5ccccc54)n3)cc21. The molecular weight excluding hydrogens is 813 g/mol. The van der Waals surface area contributed by atoms with E-state index in [9.17, 15) is 0 Å². The molecule has 4 heteroatoms. The Balaban J connectivity index is 0.911. The van der Waals surface area contributed by atoms with E-state index < -0.39 is 0 Å². The van der Waals surface area contributed by atoms with Crippen LogP contribution in [0.3, 0.4) is 0 Å². The van der Waals surface area contributed by atoms with Gasteiger partial charge in [0.1, 0.15) is 0 Å². The molecule has 13 aromatic rings. The molecule has 0 fully saturated rings. The van der Waals surface area contributed by atoms with Crippen molar-refractivity contribution in [2.45, 2.75) is 19.3 Å². The fourth-order valence-electron chi connectivity index (χ4n) is 11.3. The summed E-state index contributed by atoms with van der Waals surface area (Å²) in [6.45, 7) is 4.65. The van der Waals surface area contributed by atoms with Crippen molar-refractivity contribution in [2.75, 3.05) is 0 Å². The van der Waals surface area contributed by atoms with Crippen molar-refractivity contribution in [3.63, 3.8) is 0 Å². The molecule has 0 unspecified atom stereocenters. The molecule has 67 heavy (non-hydrogen) atoms. The zero-order valence-corrected chi connectivity index (χ0v) is 37.1. The van der Waals surface area contributed by atoms with Crippen molar-refractivity contribution in [1.82, 2.24) is 19.1 Å². The van der Waals surface area contributed by atoms with E-state index in [1.54, 1.807) is 0 Å². The van der Waals surface area contributed by atoms with Crippen LogP contribution in [0.1, 0.15) is 25.0 Å². The van der Waals surface area contributed by atoms with Crippen LogP contribution >= 0.6 is 0 Å². The maximum Gasteiger partial charge on any atom is 0.160 e. The van der Waals surface area contributed by atoms with E-state index in [0.29, 0.717) is 0 Å². The minimum absolute atomic E-state index is 0.126. The zero-order valence-electron chi connectivity index (χ0n) is 37.1. The third kappa shape index (κ3) is 5.60. The van der Waals surface area contributed by atoms with Crippen molar-refractivity contribution in [3.8, 4) is 56.3 Å². The Kier molecular flexibility index (Phi) is 8.00. The number of fused-ring (bicyclic) bond motifs is 12. The van der Waals surface area contributed by atoms with Gasteiger partial charge in [-0.2, -0.15) is 0 Å². The molecular formula is C63H42N4. The Morgan fingerprint density at radius 2 is 0.940 bits per heavy atom. The lowest BCUT2D eigenvalue weighted by molar-refractivity contribution is 0.660. The van der Waals surface area contributed by atoms with Crippen molar-refractivity contribution in [1.29, 1.82) is 0 Å². The highest BCUT2D eigenvalue weighted by Crippen LogP contribution is 2.50. The summed E-state index contributed by atoms with van der Waals surface area (Å²) in [5.41, 5.74) is 18.4. The van der Waals surface area contributed by atoms with E-state index in [2.05, 4.69) is 241 Å². The second-order valence-electron chi connectivity index (χ2n) is 18.6. The molecule has 3 aromatic heterocycles. The molecule has 0 bridgehead atoms. The highest BCUT2D eigenvalue weighted by atomic mass is 15.0. The largest absolute Gasteiger partial charge is 0.309 e. The van der Waals surface area contributed by atoms with Gasteiger partial charge < -0.3 is 9.13 Å². The van der Waals surface area contributed by atoms with Crippen LogP contribution in [0.5, 0.6) is 0 Å². The Labute approximate surface area is 387 Å². The molecule has 0 spiro atoms. The normalized spacial score (nSPS) is 13.0. The molecule has 1 aliphatic rings. The lowest BCUT2D eigenvalue weighted by atomic mass is 9.82. The van der Waals surface area contributed by atoms with E-state index in [-0.39, 0.29) is 5.41 Å². The van der Waals surface area contributed by atoms with Gasteiger partial charge in [-0.1, -0.05) is 166 Å². The maximum absolute atomic E-state index is 5.49. The Morgan fingerprint density at radius 3 is 1.76 bits per heavy atom. The molecule has 0 saturated carbocycles. The van der Waals surface area contributed by atoms with E-state index in [1.165, 1.54) is 82.4 Å². The second kappa shape index (κ2) is 14.2. The van der Waals surface area contributed by atoms with Crippen molar-refractivity contribution in [3.05, 3.63) is 230 Å². The number of aromatic nitrogens is 4. The van der Waals surface area contributed by atoms with E-state index in [0.717, 1.165) is 50.3 Å². The van der Waals surface area contributed by atoms with Crippen molar-refractivity contribution < 1.29 is 0 Å². The first-order valence-corrected chi connectivity index (χ1v) is 23.2. The highest BCUT2D eigenvalue weighted by molar-refractivity contribution is 6.14. The number of rotatable bonds is 5. The summed E-state index contributed by atoms with van der Waals surface area (Å²) in [6, 6.07) is 79.5. The molecule has 0 radical (unpaired) electrons. The van der Waals surface area contributed by atoms with Gasteiger partial charge in [0.2, 0.25) is 0 Å². The number of nitrogens with zero attached hydrogens (tertiary/aromatic N) is 4. The Bertz CT molecular complexity index is 4170. The van der Waals surface area contributed by atoms with Crippen LogP contribution in [0.4, 0.5) is 0 Å². The van der Waals surface area contributed by atoms with Crippen molar-refractivity contribution in [2.24, 2.45) is 0 Å². The molecule has 0 N–H and O–H groups in total. The van der Waals surface area contributed by atoms with Gasteiger partial charge in [-0.15, -0.1) is 0 Å². The minimum Gasteiger partial charge on any atom is -0.309 e. The average molecular weight is 855 g/mol. The molecule has 0 aliphatic heterocycles. The highest BCUT2D eigenvalue weighted by Gasteiger charge is 2.35. The average Bonchev–Trinajstić information content (AvgIpc) is 3.98. The summed E-state index contributed by atoms with van der Waals surface area (Å²) in [5, 5.41) is 8.33. The minimum atomic E-state index is -0.126. The fourth-order valence-corrected chi connectivity index (χ4v) is 11.3. The standard InChI is InChI=1S/C63H42N4/c1-63(2)53-21-11-8-18-47(53)48-32-27-43(37-54(48)63)62-64-55-34-28-39-14-6-7-17-46(39)60(55)61(65-62)40-24-30-45(31-25-40)67-56-22-12-9-19-49(56)51-33-26-42(38-59(51)67)41-29-35-58-52(36-41)50-20-10-13-23-57(50)66(58)44-15-4-3-5-16-44/h3-38H,1-2H3. The lowest BCUT2D eigenvalue weighted by Gasteiger charge is -2.22. The number of benzene rings is 10. The van der Waals surface area contributed by atoms with Crippen LogP contribution in [-0.2, 0) is 5.41 Å². The summed E-state index contributed by atoms with van der Waals surface area (Å²) in [6.07, 6.45) is 0. The summed E-state index contributed by atoms with van der Waals surface area (Å²) in [7, 11) is 0. The predicted molar refractivity (Wildman–Crippen MR) is 280 cm³/mol. The summed E-state index contributed by atoms with van der Waals surface area (Å²) >= 11 is 0. The Morgan fingerprint density at radius 1 is 0.358 bits per heavy atom. The quantitative estimate of drug-likeness (QED) is 0.162. The summed E-state index contributed by atoms with van der Waals surface area (Å²) in [4.78, 5) is 10.8. The van der Waals surface area contributed by atoms with Gasteiger partial charge in [-0.25, -0.2) is 9.97 Å². The van der Waals surface area contributed by atoms with Crippen LogP contribution in [0.2, 0.25) is 0 Å². The first-order valence-electron chi connectivity index (χ1n) is 23.2. The van der Waals surface area contributed by atoms with Crippen LogP contribution in [0, 0.1) is 0 Å². The molecule has 0 atom stereocenters. The van der Waals surface area contributed by atoms with E-state index in [4.69, 9.17) is 9.97 Å². The van der Waals surface area contributed by atoms with E-state index >= 15 is 0 Å². The van der Waals surface area contributed by atoms with Gasteiger partial charge in [-0.05, 0) is 111 Å². The topological polar surface area (TPSA) is 35.6 Å². The second-order valence-corrected chi connectivity index (χ2v) is 18.6. The number of hydrogen-bond acceptors (Lipinski definition) is 2. The molecule has 314 valence electrons. The molecule has 3 heterocycles. The third-order valence-electron chi connectivity index (χ3n) is 14.5. The summed E-state index contributed by atoms with van der Waals surface area (Å²) in [5.74, 6) is 0.731. The third-order valence-corrected chi connectivity index (χ3v) is 14.5. The van der Waals surface area contributed by atoms with Crippen molar-refractivity contribution >= 4 is 65.3 Å². The molecule has 10 aromatic carbocycles. The zero-order chi connectivity index (χ0) is 44.4. The number of hydrogen-bond donors (Lipinski definition) is 0. The van der Waals surface area contributed by atoms with Gasteiger partial charge >= 0.3 is 0 Å². The number of para-hydroxylation sites is 3. The van der Waals surface area contributed by atoms with Crippen LogP contribution in [-0.4, -0.2) is 19.1 Å². The fraction of sp³-hybridized carbons (Fsp3) is 0.0476. The Hall–Kier alpha value is -8.60. The van der Waals surface area contributed by atoms with Gasteiger partial charge in [-0.3, -0.25) is 0 Å². The maximum atomic E-state index is 5.49. The van der Waals surface area contributed by atoms with Gasteiger partial charge in [0.15, 0.2) is 5.82 Å². The molecule has 0 saturated heterocycles. The lowest BCUT2D eigenvalue weighted by Crippen LogP contribution is -2.15. The molecule has 1 aliphatic carbocycles. The van der Waals surface area contributed by atoms with Crippen LogP contribution in [0.25, 0.3) is 122 Å². The van der Waals surface area contributed by atoms with Crippen LogP contribution in [0.15, 0.2) is 218 Å².